The van der Waals surface area contributed by atoms with Gasteiger partial charge in [-0.2, -0.15) is 11.8 Å². The normalized spacial score (nSPS) is 28.5. The molecule has 6 heteroatoms. The third-order valence-electron chi connectivity index (χ3n) is 4.19. The fraction of sp³-hybridized carbons (Fsp3) is 0.846. The number of thioether (sulfide) groups is 1. The molecule has 2 fully saturated rings. The summed E-state index contributed by atoms with van der Waals surface area (Å²) < 4.78 is 0. The fourth-order valence-electron chi connectivity index (χ4n) is 2.59. The lowest BCUT2D eigenvalue weighted by Crippen LogP contribution is -2.46. The number of nitrogens with one attached hydrogen (secondary N) is 2. The van der Waals surface area contributed by atoms with Gasteiger partial charge in [-0.3, -0.25) is 4.79 Å². The molecular formula is C13H22N2O3S. The quantitative estimate of drug-likeness (QED) is 0.720. The molecule has 0 aromatic heterocycles. The van der Waals surface area contributed by atoms with E-state index >= 15 is 0 Å². The molecule has 0 aliphatic heterocycles. The molecule has 2 aliphatic carbocycles. The second-order valence-electron chi connectivity index (χ2n) is 5.63. The highest BCUT2D eigenvalue weighted by Gasteiger charge is 2.50. The number of carbonyl (C=O) groups is 2. The highest BCUT2D eigenvalue weighted by atomic mass is 32.2. The van der Waals surface area contributed by atoms with E-state index in [-0.39, 0.29) is 18.6 Å². The van der Waals surface area contributed by atoms with Gasteiger partial charge in [0, 0.05) is 17.8 Å². The Morgan fingerprint density at radius 2 is 2.11 bits per heavy atom. The van der Waals surface area contributed by atoms with Crippen molar-refractivity contribution in [1.82, 2.24) is 10.6 Å². The Kier molecular flexibility index (Phi) is 4.60. The molecule has 0 radical (unpaired) electrons. The van der Waals surface area contributed by atoms with E-state index in [0.29, 0.717) is 18.1 Å². The number of carboxylic acid groups (broad SMARTS) is 1. The van der Waals surface area contributed by atoms with Crippen molar-refractivity contribution in [2.75, 3.05) is 12.8 Å². The first-order chi connectivity index (χ1) is 9.05. The largest absolute Gasteiger partial charge is 0.481 e. The maximum atomic E-state index is 11.8. The van der Waals surface area contributed by atoms with E-state index in [1.54, 1.807) is 0 Å². The highest BCUT2D eigenvalue weighted by Crippen LogP contribution is 2.45. The van der Waals surface area contributed by atoms with Crippen LogP contribution in [0.1, 0.15) is 38.5 Å². The monoisotopic (exact) mass is 286 g/mol. The van der Waals surface area contributed by atoms with Crippen LogP contribution in [0.5, 0.6) is 0 Å². The Bertz CT molecular complexity index is 358. The number of aliphatic carboxylic acids is 1. The Morgan fingerprint density at radius 3 is 2.68 bits per heavy atom. The lowest BCUT2D eigenvalue weighted by atomic mass is 9.95. The van der Waals surface area contributed by atoms with Crippen molar-refractivity contribution < 1.29 is 14.7 Å². The van der Waals surface area contributed by atoms with Gasteiger partial charge in [-0.05, 0) is 38.4 Å². The maximum absolute atomic E-state index is 11.8. The second kappa shape index (κ2) is 6.03. The molecule has 2 amide bonds. The van der Waals surface area contributed by atoms with Crippen LogP contribution in [0.2, 0.25) is 0 Å². The number of urea groups is 1. The summed E-state index contributed by atoms with van der Waals surface area (Å²) in [4.78, 5) is 22.8. The first-order valence-electron chi connectivity index (χ1n) is 6.86. The molecule has 2 aliphatic rings. The molecule has 0 spiro atoms. The first kappa shape index (κ1) is 14.5. The molecule has 0 bridgehead atoms. The predicted molar refractivity (Wildman–Crippen MR) is 75.4 cm³/mol. The standard InChI is InChI=1S/C13H22N2O3S/c1-19-10-4-2-3-9(7-10)15-12(18)14-8-13(5-6-13)11(16)17/h9-10H,2-8H2,1H3,(H,16,17)(H2,14,15,18). The van der Waals surface area contributed by atoms with Crippen molar-refractivity contribution in [3.63, 3.8) is 0 Å². The van der Waals surface area contributed by atoms with Crippen molar-refractivity contribution in [3.05, 3.63) is 0 Å². The van der Waals surface area contributed by atoms with E-state index in [0.717, 1.165) is 19.3 Å². The van der Waals surface area contributed by atoms with Gasteiger partial charge < -0.3 is 15.7 Å². The summed E-state index contributed by atoms with van der Waals surface area (Å²) in [6, 6.07) is 0.00505. The van der Waals surface area contributed by atoms with Crippen LogP contribution >= 0.6 is 11.8 Å². The number of hydrogen-bond acceptors (Lipinski definition) is 3. The summed E-state index contributed by atoms with van der Waals surface area (Å²) >= 11 is 1.86. The molecule has 0 heterocycles. The average molecular weight is 286 g/mol. The van der Waals surface area contributed by atoms with Gasteiger partial charge in [-0.1, -0.05) is 6.42 Å². The van der Waals surface area contributed by atoms with Crippen LogP contribution in [0.15, 0.2) is 0 Å². The molecule has 2 atom stereocenters. The molecule has 2 saturated carbocycles. The highest BCUT2D eigenvalue weighted by molar-refractivity contribution is 7.99. The van der Waals surface area contributed by atoms with E-state index in [4.69, 9.17) is 5.11 Å². The maximum Gasteiger partial charge on any atom is 0.315 e. The Morgan fingerprint density at radius 1 is 1.37 bits per heavy atom. The van der Waals surface area contributed by atoms with Gasteiger partial charge in [0.05, 0.1) is 5.41 Å². The van der Waals surface area contributed by atoms with Gasteiger partial charge in [0.1, 0.15) is 0 Å². The molecule has 5 nitrogen and oxygen atoms in total. The minimum absolute atomic E-state index is 0.223. The molecule has 0 aromatic rings. The number of carbonyl (C=O) groups excluding carboxylic acids is 1. The number of hydrogen-bond donors (Lipinski definition) is 3. The van der Waals surface area contributed by atoms with E-state index in [1.807, 2.05) is 11.8 Å². The van der Waals surface area contributed by atoms with E-state index in [1.165, 1.54) is 6.42 Å². The molecule has 0 saturated heterocycles. The third-order valence-corrected chi connectivity index (χ3v) is 5.28. The summed E-state index contributed by atoms with van der Waals surface area (Å²) in [5.41, 5.74) is -0.689. The topological polar surface area (TPSA) is 78.4 Å². The van der Waals surface area contributed by atoms with Crippen molar-refractivity contribution in [2.24, 2.45) is 5.41 Å². The molecule has 108 valence electrons. The van der Waals surface area contributed by atoms with Crippen LogP contribution < -0.4 is 10.6 Å². The van der Waals surface area contributed by atoms with Crippen LogP contribution in [-0.2, 0) is 4.79 Å². The zero-order chi connectivity index (χ0) is 13.9. The Hall–Kier alpha value is -0.910. The smallest absolute Gasteiger partial charge is 0.315 e. The number of carboxylic acids is 1. The molecule has 2 unspecified atom stereocenters. The molecule has 2 rings (SSSR count). The average Bonchev–Trinajstić information content (AvgIpc) is 3.18. The lowest BCUT2D eigenvalue weighted by Gasteiger charge is -2.28. The number of amides is 2. The lowest BCUT2D eigenvalue weighted by molar-refractivity contribution is -0.143. The van der Waals surface area contributed by atoms with Crippen molar-refractivity contribution in [3.8, 4) is 0 Å². The summed E-state index contributed by atoms with van der Waals surface area (Å²) in [6.45, 7) is 0.243. The molecule has 0 aromatic carbocycles. The summed E-state index contributed by atoms with van der Waals surface area (Å²) in [5, 5.41) is 15.3. The minimum Gasteiger partial charge on any atom is -0.481 e. The summed E-state index contributed by atoms with van der Waals surface area (Å²) in [6.07, 6.45) is 7.85. The van der Waals surface area contributed by atoms with Gasteiger partial charge >= 0.3 is 12.0 Å². The SMILES string of the molecule is CSC1CCCC(NC(=O)NCC2(C(=O)O)CC2)C1. The first-order valence-corrected chi connectivity index (χ1v) is 8.15. The summed E-state index contributed by atoms with van der Waals surface area (Å²) in [5.74, 6) is -0.798. The molecular weight excluding hydrogens is 264 g/mol. The van der Waals surface area contributed by atoms with Gasteiger partial charge in [0.15, 0.2) is 0 Å². The molecule has 3 N–H and O–H groups in total. The van der Waals surface area contributed by atoms with Crippen LogP contribution in [0.3, 0.4) is 0 Å². The van der Waals surface area contributed by atoms with Crippen LogP contribution in [-0.4, -0.2) is 41.2 Å². The minimum atomic E-state index is -0.798. The Balaban J connectivity index is 1.71. The fourth-order valence-corrected chi connectivity index (χ4v) is 3.42. The zero-order valence-electron chi connectivity index (χ0n) is 11.3. The van der Waals surface area contributed by atoms with Crippen molar-refractivity contribution >= 4 is 23.8 Å². The van der Waals surface area contributed by atoms with Crippen LogP contribution in [0.25, 0.3) is 0 Å². The summed E-state index contributed by atoms with van der Waals surface area (Å²) in [7, 11) is 0. The van der Waals surface area contributed by atoms with Crippen molar-refractivity contribution in [2.45, 2.75) is 49.8 Å². The predicted octanol–water partition coefficient (Wildman–Crippen LogP) is 1.82. The van der Waals surface area contributed by atoms with E-state index in [9.17, 15) is 9.59 Å². The molecule has 19 heavy (non-hydrogen) atoms. The van der Waals surface area contributed by atoms with Gasteiger partial charge in [-0.15, -0.1) is 0 Å². The van der Waals surface area contributed by atoms with Crippen LogP contribution in [0, 0.1) is 5.41 Å². The third kappa shape index (κ3) is 3.78. The van der Waals surface area contributed by atoms with E-state index < -0.39 is 11.4 Å². The van der Waals surface area contributed by atoms with E-state index in [2.05, 4.69) is 16.9 Å². The van der Waals surface area contributed by atoms with Gasteiger partial charge in [-0.25, -0.2) is 4.79 Å². The van der Waals surface area contributed by atoms with Gasteiger partial charge in [0.25, 0.3) is 0 Å². The van der Waals surface area contributed by atoms with Crippen molar-refractivity contribution in [1.29, 1.82) is 0 Å². The second-order valence-corrected chi connectivity index (χ2v) is 6.77. The number of rotatable bonds is 5. The zero-order valence-corrected chi connectivity index (χ0v) is 12.1. The van der Waals surface area contributed by atoms with Gasteiger partial charge in [0.2, 0.25) is 0 Å². The Labute approximate surface area is 117 Å². The van der Waals surface area contributed by atoms with Crippen LogP contribution in [0.4, 0.5) is 4.79 Å².